The van der Waals surface area contributed by atoms with E-state index in [0.29, 0.717) is 25.4 Å². The summed E-state index contributed by atoms with van der Waals surface area (Å²) in [6, 6.07) is 4.00. The van der Waals surface area contributed by atoms with E-state index in [0.717, 1.165) is 12.8 Å². The molecule has 1 heterocycles. The summed E-state index contributed by atoms with van der Waals surface area (Å²) in [6.07, 6.45) is 4.03. The molecule has 6 atom stereocenters. The fourth-order valence-corrected chi connectivity index (χ4v) is 4.68. The number of carbonyl (C=O) groups is 1. The maximum atomic E-state index is 13.2. The lowest BCUT2D eigenvalue weighted by atomic mass is 9.87. The van der Waals surface area contributed by atoms with Crippen molar-refractivity contribution in [2.75, 3.05) is 26.4 Å². The van der Waals surface area contributed by atoms with E-state index in [1.165, 1.54) is 18.2 Å². The Labute approximate surface area is 204 Å². The summed E-state index contributed by atoms with van der Waals surface area (Å²) in [7, 11) is 0. The summed E-state index contributed by atoms with van der Waals surface area (Å²) < 4.78 is 35.4. The number of esters is 1. The molecule has 0 bridgehead atoms. The number of carbonyl (C=O) groups excluding carboxylic acids is 1. The molecule has 34 heavy (non-hydrogen) atoms. The van der Waals surface area contributed by atoms with E-state index in [4.69, 9.17) is 30.5 Å². The molecule has 7 nitrogen and oxygen atoms in total. The highest BCUT2D eigenvalue weighted by Crippen LogP contribution is 2.41. The molecule has 1 aromatic carbocycles. The average Bonchev–Trinajstić information content (AvgIpc) is 2.94. The predicted molar refractivity (Wildman–Crippen MR) is 124 cm³/mol. The summed E-state index contributed by atoms with van der Waals surface area (Å²) in [6.45, 7) is 4.42. The molecule has 0 unspecified atom stereocenters. The highest BCUT2D eigenvalue weighted by atomic mass is 35.5. The molecule has 0 radical (unpaired) electrons. The Morgan fingerprint density at radius 1 is 1.35 bits per heavy atom. The largest absolute Gasteiger partial charge is 0.490 e. The van der Waals surface area contributed by atoms with E-state index in [1.807, 2.05) is 6.08 Å². The van der Waals surface area contributed by atoms with Gasteiger partial charge in [0.1, 0.15) is 30.9 Å². The van der Waals surface area contributed by atoms with Gasteiger partial charge in [-0.05, 0) is 44.7 Å². The van der Waals surface area contributed by atoms with Crippen molar-refractivity contribution in [1.82, 2.24) is 0 Å². The zero-order valence-electron chi connectivity index (χ0n) is 19.6. The second-order valence-electron chi connectivity index (χ2n) is 9.25. The van der Waals surface area contributed by atoms with Gasteiger partial charge in [0.2, 0.25) is 0 Å². The average molecular weight is 501 g/mol. The molecule has 9 heteroatoms. The summed E-state index contributed by atoms with van der Waals surface area (Å²) in [4.78, 5) is 11.6. The van der Waals surface area contributed by atoms with Gasteiger partial charge in [0.15, 0.2) is 0 Å². The minimum atomic E-state index is -0.895. The molecule has 1 saturated heterocycles. The first-order valence-corrected chi connectivity index (χ1v) is 12.1. The van der Waals surface area contributed by atoms with Crippen molar-refractivity contribution in [1.29, 1.82) is 0 Å². The molecule has 2 fully saturated rings. The Balaban J connectivity index is 1.46. The second-order valence-corrected chi connectivity index (χ2v) is 9.66. The van der Waals surface area contributed by atoms with E-state index in [9.17, 15) is 19.4 Å². The fraction of sp³-hybridized carbons (Fsp3) is 0.640. The highest BCUT2D eigenvalue weighted by molar-refractivity contribution is 6.30. The predicted octanol–water partition coefficient (Wildman–Crippen LogP) is 3.54. The molecule has 1 saturated carbocycles. The first-order chi connectivity index (χ1) is 16.2. The van der Waals surface area contributed by atoms with Gasteiger partial charge >= 0.3 is 5.97 Å². The Hall–Kier alpha value is -1.71. The Morgan fingerprint density at radius 2 is 2.15 bits per heavy atom. The van der Waals surface area contributed by atoms with Crippen LogP contribution in [0.15, 0.2) is 30.4 Å². The van der Waals surface area contributed by atoms with Gasteiger partial charge < -0.3 is 29.2 Å². The summed E-state index contributed by atoms with van der Waals surface area (Å²) >= 11 is 5.74. The van der Waals surface area contributed by atoms with Crippen LogP contribution in [-0.4, -0.2) is 67.0 Å². The van der Waals surface area contributed by atoms with Crippen molar-refractivity contribution >= 4 is 17.6 Å². The molecule has 0 spiro atoms. The van der Waals surface area contributed by atoms with Gasteiger partial charge in [-0.1, -0.05) is 23.8 Å². The number of rotatable bonds is 10. The fourth-order valence-electron chi connectivity index (χ4n) is 4.51. The van der Waals surface area contributed by atoms with Gasteiger partial charge in [-0.15, -0.1) is 0 Å². The Bertz CT molecular complexity index is 833. The SMILES string of the molecule is CC(C)OC(=O)COC[C@H]1CC[C@@H]2[C@@H](/C=C/[C@@H](O)COc3ccc(F)c(Cl)c3)[C@H](O)C[C@@H]2OC1. The molecule has 3 rings (SSSR count). The molecular weight excluding hydrogens is 467 g/mol. The maximum Gasteiger partial charge on any atom is 0.332 e. The Kier molecular flexibility index (Phi) is 10.2. The van der Waals surface area contributed by atoms with Crippen LogP contribution in [0.5, 0.6) is 5.75 Å². The van der Waals surface area contributed by atoms with Crippen LogP contribution in [0.1, 0.15) is 33.1 Å². The molecular formula is C25H34ClFO7. The van der Waals surface area contributed by atoms with Crippen molar-refractivity contribution in [2.45, 2.75) is 57.5 Å². The lowest BCUT2D eigenvalue weighted by Gasteiger charge is -2.21. The molecule has 1 aliphatic carbocycles. The number of aliphatic hydroxyl groups is 2. The smallest absolute Gasteiger partial charge is 0.332 e. The minimum Gasteiger partial charge on any atom is -0.490 e. The van der Waals surface area contributed by atoms with Crippen molar-refractivity contribution in [3.8, 4) is 5.75 Å². The van der Waals surface area contributed by atoms with Gasteiger partial charge in [-0.2, -0.15) is 0 Å². The van der Waals surface area contributed by atoms with Crippen molar-refractivity contribution in [3.05, 3.63) is 41.2 Å². The van der Waals surface area contributed by atoms with Crippen LogP contribution in [0.2, 0.25) is 5.02 Å². The van der Waals surface area contributed by atoms with Gasteiger partial charge in [0.05, 0.1) is 36.5 Å². The molecule has 0 amide bonds. The highest BCUT2D eigenvalue weighted by Gasteiger charge is 2.43. The minimum absolute atomic E-state index is 0.0233. The molecule has 2 N–H and O–H groups in total. The third-order valence-corrected chi connectivity index (χ3v) is 6.44. The number of benzene rings is 1. The van der Waals surface area contributed by atoms with Gasteiger partial charge in [-0.3, -0.25) is 0 Å². The molecule has 2 aliphatic rings. The van der Waals surface area contributed by atoms with Crippen LogP contribution in [0.4, 0.5) is 4.39 Å². The van der Waals surface area contributed by atoms with Gasteiger partial charge in [0, 0.05) is 24.3 Å². The van der Waals surface area contributed by atoms with E-state index in [2.05, 4.69) is 0 Å². The lowest BCUT2D eigenvalue weighted by Crippen LogP contribution is -2.22. The van der Waals surface area contributed by atoms with E-state index in [-0.39, 0.29) is 54.2 Å². The first kappa shape index (κ1) is 26.9. The molecule has 1 aromatic rings. The van der Waals surface area contributed by atoms with Gasteiger partial charge in [-0.25, -0.2) is 9.18 Å². The van der Waals surface area contributed by atoms with E-state index in [1.54, 1.807) is 19.9 Å². The third-order valence-electron chi connectivity index (χ3n) is 6.15. The van der Waals surface area contributed by atoms with Crippen molar-refractivity contribution < 1.29 is 38.3 Å². The molecule has 0 aromatic heterocycles. The second kappa shape index (κ2) is 12.8. The quantitative estimate of drug-likeness (QED) is 0.375. The lowest BCUT2D eigenvalue weighted by molar-refractivity contribution is -0.153. The van der Waals surface area contributed by atoms with Crippen LogP contribution in [0.25, 0.3) is 0 Å². The topological polar surface area (TPSA) is 94.5 Å². The summed E-state index contributed by atoms with van der Waals surface area (Å²) in [5.41, 5.74) is 0. The van der Waals surface area contributed by atoms with Crippen LogP contribution in [-0.2, 0) is 19.0 Å². The zero-order valence-corrected chi connectivity index (χ0v) is 20.3. The van der Waals surface area contributed by atoms with Crippen LogP contribution < -0.4 is 4.74 Å². The Morgan fingerprint density at radius 3 is 2.88 bits per heavy atom. The van der Waals surface area contributed by atoms with E-state index >= 15 is 0 Å². The van der Waals surface area contributed by atoms with E-state index < -0.39 is 18.0 Å². The first-order valence-electron chi connectivity index (χ1n) is 11.7. The third kappa shape index (κ3) is 7.92. The number of fused-ring (bicyclic) bond motifs is 1. The number of hydrogen-bond donors (Lipinski definition) is 2. The number of hydrogen-bond acceptors (Lipinski definition) is 7. The molecule has 1 aliphatic heterocycles. The summed E-state index contributed by atoms with van der Waals surface area (Å²) in [5.74, 6) is -0.387. The van der Waals surface area contributed by atoms with Gasteiger partial charge in [0.25, 0.3) is 0 Å². The van der Waals surface area contributed by atoms with Crippen LogP contribution in [0, 0.1) is 23.6 Å². The number of aliphatic hydroxyl groups excluding tert-OH is 2. The van der Waals surface area contributed by atoms with Crippen LogP contribution >= 0.6 is 11.6 Å². The van der Waals surface area contributed by atoms with Crippen molar-refractivity contribution in [3.63, 3.8) is 0 Å². The number of halogens is 2. The monoisotopic (exact) mass is 500 g/mol. The number of ether oxygens (including phenoxy) is 4. The summed E-state index contributed by atoms with van der Waals surface area (Å²) in [5, 5.41) is 20.8. The normalized spacial score (nSPS) is 28.0. The van der Waals surface area contributed by atoms with Crippen LogP contribution in [0.3, 0.4) is 0 Å². The molecule has 190 valence electrons. The van der Waals surface area contributed by atoms with Crippen molar-refractivity contribution in [2.24, 2.45) is 17.8 Å². The standard InChI is InChI=1S/C25H34ClFO7/c1-15(2)34-25(30)14-31-11-16-3-6-20-19(23(29)10-24(20)33-12-16)7-4-17(28)13-32-18-5-8-22(27)21(26)9-18/h4-5,7-9,15-17,19-20,23-24,28-29H,3,6,10-14H2,1-2H3/b7-4+/t16-,17-,19-,20-,23-,24+/m1/s1. The maximum absolute atomic E-state index is 13.2. The zero-order chi connectivity index (χ0) is 24.7.